The normalized spacial score (nSPS) is 14.7. The van der Waals surface area contributed by atoms with Crippen molar-refractivity contribution in [1.82, 2.24) is 5.32 Å². The van der Waals surface area contributed by atoms with Crippen LogP contribution >= 0.6 is 11.8 Å². The van der Waals surface area contributed by atoms with E-state index in [0.717, 1.165) is 5.09 Å². The van der Waals surface area contributed by atoms with Gasteiger partial charge >= 0.3 is 0 Å². The lowest BCUT2D eigenvalue weighted by Crippen LogP contribution is -2.54. The second kappa shape index (κ2) is 5.60. The number of amides is 1. The molecular formula is C12H20N2O2S. The lowest BCUT2D eigenvalue weighted by atomic mass is 9.88. The SMILES string of the molecule is CSc1ccc(C(=O)NC(C)(CN)C(C)C)o1. The Morgan fingerprint density at radius 2 is 2.24 bits per heavy atom. The molecule has 1 rings (SSSR count). The first kappa shape index (κ1) is 14.1. The highest BCUT2D eigenvalue weighted by molar-refractivity contribution is 7.98. The summed E-state index contributed by atoms with van der Waals surface area (Å²) in [5.41, 5.74) is 5.30. The number of rotatable bonds is 5. The fourth-order valence-corrected chi connectivity index (χ4v) is 1.68. The van der Waals surface area contributed by atoms with Gasteiger partial charge in [0.1, 0.15) is 0 Å². The zero-order chi connectivity index (χ0) is 13.1. The molecule has 17 heavy (non-hydrogen) atoms. The molecule has 0 aliphatic rings. The van der Waals surface area contributed by atoms with E-state index in [4.69, 9.17) is 10.2 Å². The van der Waals surface area contributed by atoms with E-state index in [2.05, 4.69) is 5.32 Å². The first-order chi connectivity index (χ1) is 7.92. The molecule has 0 radical (unpaired) electrons. The zero-order valence-electron chi connectivity index (χ0n) is 10.7. The maximum Gasteiger partial charge on any atom is 0.287 e. The molecule has 0 fully saturated rings. The van der Waals surface area contributed by atoms with Crippen LogP contribution in [0.25, 0.3) is 0 Å². The Morgan fingerprint density at radius 3 is 2.65 bits per heavy atom. The summed E-state index contributed by atoms with van der Waals surface area (Å²) in [6, 6.07) is 3.47. The van der Waals surface area contributed by atoms with Gasteiger partial charge in [0.05, 0.1) is 5.54 Å². The number of carbonyl (C=O) groups excluding carboxylic acids is 1. The monoisotopic (exact) mass is 256 g/mol. The predicted octanol–water partition coefficient (Wildman–Crippen LogP) is 2.10. The minimum atomic E-state index is -0.413. The minimum absolute atomic E-state index is 0.216. The third kappa shape index (κ3) is 3.26. The van der Waals surface area contributed by atoms with Gasteiger partial charge in [-0.15, -0.1) is 0 Å². The fourth-order valence-electron chi connectivity index (χ4n) is 1.30. The summed E-state index contributed by atoms with van der Waals surface area (Å²) in [5, 5.41) is 3.66. The van der Waals surface area contributed by atoms with E-state index in [0.29, 0.717) is 12.3 Å². The molecule has 0 aliphatic carbocycles. The van der Waals surface area contributed by atoms with Gasteiger partial charge in [0.15, 0.2) is 10.9 Å². The second-order valence-corrected chi connectivity index (χ2v) is 5.36. The van der Waals surface area contributed by atoms with E-state index in [1.807, 2.05) is 27.0 Å². The van der Waals surface area contributed by atoms with E-state index < -0.39 is 5.54 Å². The van der Waals surface area contributed by atoms with Gasteiger partial charge in [-0.05, 0) is 31.2 Å². The summed E-state index contributed by atoms with van der Waals surface area (Å²) in [7, 11) is 0. The molecule has 96 valence electrons. The Kier molecular flexibility index (Phi) is 4.65. The van der Waals surface area contributed by atoms with Gasteiger partial charge in [-0.25, -0.2) is 0 Å². The Bertz CT molecular complexity index is 390. The van der Waals surface area contributed by atoms with Crippen molar-refractivity contribution in [3.63, 3.8) is 0 Å². The van der Waals surface area contributed by atoms with Crippen molar-refractivity contribution < 1.29 is 9.21 Å². The molecule has 1 amide bonds. The van der Waals surface area contributed by atoms with Gasteiger partial charge in [-0.3, -0.25) is 4.79 Å². The number of nitrogens with one attached hydrogen (secondary N) is 1. The fraction of sp³-hybridized carbons (Fsp3) is 0.583. The first-order valence-corrected chi connectivity index (χ1v) is 6.82. The molecule has 0 aromatic carbocycles. The van der Waals surface area contributed by atoms with Crippen LogP contribution in [0.3, 0.4) is 0 Å². The smallest absolute Gasteiger partial charge is 0.287 e. The molecule has 3 N–H and O–H groups in total. The number of hydrogen-bond acceptors (Lipinski definition) is 4. The minimum Gasteiger partial charge on any atom is -0.445 e. The van der Waals surface area contributed by atoms with Crippen LogP contribution in [0, 0.1) is 5.92 Å². The van der Waals surface area contributed by atoms with E-state index in [-0.39, 0.29) is 11.8 Å². The number of thioether (sulfide) groups is 1. The molecule has 4 nitrogen and oxygen atoms in total. The molecule has 0 bridgehead atoms. The van der Waals surface area contributed by atoms with E-state index in [9.17, 15) is 4.79 Å². The largest absolute Gasteiger partial charge is 0.445 e. The van der Waals surface area contributed by atoms with Crippen molar-refractivity contribution in [2.75, 3.05) is 12.8 Å². The summed E-state index contributed by atoms with van der Waals surface area (Å²) in [5.74, 6) is 0.369. The van der Waals surface area contributed by atoms with Crippen LogP contribution in [-0.4, -0.2) is 24.2 Å². The summed E-state index contributed by atoms with van der Waals surface area (Å²) in [6.45, 7) is 6.39. The number of hydrogen-bond donors (Lipinski definition) is 2. The highest BCUT2D eigenvalue weighted by Crippen LogP contribution is 2.20. The highest BCUT2D eigenvalue weighted by atomic mass is 32.2. The van der Waals surface area contributed by atoms with Crippen molar-refractivity contribution in [1.29, 1.82) is 0 Å². The van der Waals surface area contributed by atoms with E-state index >= 15 is 0 Å². The summed E-state index contributed by atoms with van der Waals surface area (Å²) < 4.78 is 5.37. The molecule has 0 aliphatic heterocycles. The lowest BCUT2D eigenvalue weighted by molar-refractivity contribution is 0.0849. The average molecular weight is 256 g/mol. The van der Waals surface area contributed by atoms with Crippen molar-refractivity contribution in [2.24, 2.45) is 11.7 Å². The first-order valence-electron chi connectivity index (χ1n) is 5.59. The molecule has 0 spiro atoms. The zero-order valence-corrected chi connectivity index (χ0v) is 11.6. The predicted molar refractivity (Wildman–Crippen MR) is 70.3 cm³/mol. The Morgan fingerprint density at radius 1 is 1.59 bits per heavy atom. The van der Waals surface area contributed by atoms with Crippen LogP contribution in [0.2, 0.25) is 0 Å². The second-order valence-electron chi connectivity index (χ2n) is 4.55. The van der Waals surface area contributed by atoms with E-state index in [1.54, 1.807) is 12.1 Å². The van der Waals surface area contributed by atoms with Crippen LogP contribution in [0.15, 0.2) is 21.6 Å². The number of carbonyl (C=O) groups is 1. The van der Waals surface area contributed by atoms with Crippen molar-refractivity contribution in [2.45, 2.75) is 31.4 Å². The third-order valence-electron chi connectivity index (χ3n) is 3.10. The van der Waals surface area contributed by atoms with Gasteiger partial charge in [-0.2, -0.15) is 0 Å². The van der Waals surface area contributed by atoms with Crippen LogP contribution in [-0.2, 0) is 0 Å². The van der Waals surface area contributed by atoms with Gasteiger partial charge in [0.2, 0.25) is 0 Å². The van der Waals surface area contributed by atoms with Crippen molar-refractivity contribution >= 4 is 17.7 Å². The highest BCUT2D eigenvalue weighted by Gasteiger charge is 2.29. The van der Waals surface area contributed by atoms with Crippen LogP contribution < -0.4 is 11.1 Å². The molecule has 0 saturated heterocycles. The van der Waals surface area contributed by atoms with Crippen LogP contribution in [0.5, 0.6) is 0 Å². The molecule has 0 saturated carbocycles. The lowest BCUT2D eigenvalue weighted by Gasteiger charge is -2.33. The van der Waals surface area contributed by atoms with Gasteiger partial charge in [0.25, 0.3) is 5.91 Å². The molecule has 1 heterocycles. The van der Waals surface area contributed by atoms with E-state index in [1.165, 1.54) is 11.8 Å². The van der Waals surface area contributed by atoms with Gasteiger partial charge < -0.3 is 15.5 Å². The average Bonchev–Trinajstić information content (AvgIpc) is 2.77. The summed E-state index contributed by atoms with van der Waals surface area (Å²) in [4.78, 5) is 12.0. The molecule has 1 unspecified atom stereocenters. The third-order valence-corrected chi connectivity index (χ3v) is 3.73. The number of nitrogens with two attached hydrogens (primary N) is 1. The molecule has 5 heteroatoms. The molecular weight excluding hydrogens is 236 g/mol. The maximum absolute atomic E-state index is 12.0. The maximum atomic E-state index is 12.0. The van der Waals surface area contributed by atoms with Crippen molar-refractivity contribution in [3.8, 4) is 0 Å². The Balaban J connectivity index is 2.77. The quantitative estimate of drug-likeness (QED) is 0.792. The topological polar surface area (TPSA) is 68.3 Å². The molecule has 1 aromatic heterocycles. The summed E-state index contributed by atoms with van der Waals surface area (Å²) in [6.07, 6.45) is 1.90. The van der Waals surface area contributed by atoms with Crippen LogP contribution in [0.1, 0.15) is 31.3 Å². The van der Waals surface area contributed by atoms with Crippen molar-refractivity contribution in [3.05, 3.63) is 17.9 Å². The Hall–Kier alpha value is -0.940. The van der Waals surface area contributed by atoms with Crippen LogP contribution in [0.4, 0.5) is 0 Å². The Labute approximate surface area is 106 Å². The summed E-state index contributed by atoms with van der Waals surface area (Å²) >= 11 is 1.47. The van der Waals surface area contributed by atoms with Gasteiger partial charge in [0, 0.05) is 6.54 Å². The molecule has 1 atom stereocenters. The number of furan rings is 1. The van der Waals surface area contributed by atoms with Gasteiger partial charge in [-0.1, -0.05) is 25.6 Å². The standard InChI is InChI=1S/C12H20N2O2S/c1-8(2)12(3,7-13)14-11(15)9-5-6-10(16-9)17-4/h5-6,8H,7,13H2,1-4H3,(H,14,15). The molecule has 1 aromatic rings.